The Bertz CT molecular complexity index is 1330. The lowest BCUT2D eigenvalue weighted by Gasteiger charge is -2.38. The van der Waals surface area contributed by atoms with Gasteiger partial charge in [0.05, 0.1) is 10.9 Å². The molecule has 1 heterocycles. The summed E-state index contributed by atoms with van der Waals surface area (Å²) < 4.78 is 41.6. The van der Waals surface area contributed by atoms with Crippen LogP contribution in [0.1, 0.15) is 29.5 Å². The molecular weight excluding hydrogens is 470 g/mol. The van der Waals surface area contributed by atoms with E-state index in [1.807, 2.05) is 12.1 Å². The van der Waals surface area contributed by atoms with Gasteiger partial charge in [0, 0.05) is 27.3 Å². The lowest BCUT2D eigenvalue weighted by Crippen LogP contribution is -2.29. The van der Waals surface area contributed by atoms with Gasteiger partial charge in [-0.05, 0) is 78.1 Å². The highest BCUT2D eigenvalue weighted by atomic mass is 35.5. The van der Waals surface area contributed by atoms with Crippen LogP contribution in [0.15, 0.2) is 77.7 Å². The average molecular weight is 489 g/mol. The van der Waals surface area contributed by atoms with Gasteiger partial charge in [0.1, 0.15) is 5.82 Å². The van der Waals surface area contributed by atoms with Crippen LogP contribution in [-0.4, -0.2) is 8.42 Å². The second-order valence-electron chi connectivity index (χ2n) is 8.00. The van der Waals surface area contributed by atoms with Crippen LogP contribution in [0.5, 0.6) is 0 Å². The summed E-state index contributed by atoms with van der Waals surface area (Å²) in [6.45, 7) is 0. The molecule has 0 unspecified atom stereocenters. The molecule has 3 aromatic rings. The molecule has 5 rings (SSSR count). The van der Waals surface area contributed by atoms with Gasteiger partial charge in [0.25, 0.3) is 10.0 Å². The SMILES string of the molecule is O=S(=O)(Nc1ccc(F)cc1)c1ccc2c(c1)[C@H]1C=CC[C@H]1[C@@H](c1ccc(Cl)cc1Cl)N2. The molecule has 164 valence electrons. The van der Waals surface area contributed by atoms with Gasteiger partial charge in [0.2, 0.25) is 0 Å². The van der Waals surface area contributed by atoms with Gasteiger partial charge >= 0.3 is 0 Å². The number of nitrogens with one attached hydrogen (secondary N) is 2. The van der Waals surface area contributed by atoms with Crippen LogP contribution in [0, 0.1) is 11.7 Å². The molecular formula is C24H19Cl2FN2O2S. The van der Waals surface area contributed by atoms with Crippen molar-refractivity contribution in [1.82, 2.24) is 0 Å². The smallest absolute Gasteiger partial charge is 0.261 e. The molecule has 8 heteroatoms. The van der Waals surface area contributed by atoms with Gasteiger partial charge in [-0.15, -0.1) is 0 Å². The number of hydrogen-bond donors (Lipinski definition) is 2. The quantitative estimate of drug-likeness (QED) is 0.398. The van der Waals surface area contributed by atoms with Crippen LogP contribution in [0.3, 0.4) is 0 Å². The molecule has 3 aromatic carbocycles. The fourth-order valence-corrected chi connectivity index (χ4v) is 6.15. The van der Waals surface area contributed by atoms with E-state index < -0.39 is 15.8 Å². The Balaban J connectivity index is 1.49. The van der Waals surface area contributed by atoms with E-state index in [9.17, 15) is 12.8 Å². The minimum Gasteiger partial charge on any atom is -0.378 e. The summed E-state index contributed by atoms with van der Waals surface area (Å²) in [6, 6.07) is 15.8. The zero-order chi connectivity index (χ0) is 22.5. The van der Waals surface area contributed by atoms with Crippen LogP contribution < -0.4 is 10.0 Å². The van der Waals surface area contributed by atoms with E-state index in [-0.39, 0.29) is 22.8 Å². The molecule has 2 aliphatic rings. The number of sulfonamides is 1. The summed E-state index contributed by atoms with van der Waals surface area (Å²) in [5, 5.41) is 4.74. The molecule has 0 radical (unpaired) electrons. The maximum absolute atomic E-state index is 13.1. The third-order valence-electron chi connectivity index (χ3n) is 6.04. The van der Waals surface area contributed by atoms with Crippen LogP contribution in [0.4, 0.5) is 15.8 Å². The zero-order valence-corrected chi connectivity index (χ0v) is 19.1. The minimum atomic E-state index is -3.83. The molecule has 0 spiro atoms. The molecule has 0 amide bonds. The van der Waals surface area contributed by atoms with Crippen LogP contribution in [0.2, 0.25) is 10.0 Å². The van der Waals surface area contributed by atoms with E-state index in [2.05, 4.69) is 22.2 Å². The van der Waals surface area contributed by atoms with E-state index in [1.54, 1.807) is 24.3 Å². The second kappa shape index (κ2) is 8.10. The summed E-state index contributed by atoms with van der Waals surface area (Å²) in [6.07, 6.45) is 5.11. The first-order chi connectivity index (χ1) is 15.3. The lowest BCUT2D eigenvalue weighted by atomic mass is 9.77. The number of rotatable bonds is 4. The maximum Gasteiger partial charge on any atom is 0.261 e. The van der Waals surface area contributed by atoms with Gasteiger partial charge in [0.15, 0.2) is 0 Å². The maximum atomic E-state index is 13.1. The van der Waals surface area contributed by atoms with E-state index in [0.717, 1.165) is 23.2 Å². The van der Waals surface area contributed by atoms with E-state index in [1.165, 1.54) is 24.3 Å². The minimum absolute atomic E-state index is 0.0212. The summed E-state index contributed by atoms with van der Waals surface area (Å²) in [5.74, 6) is -0.171. The largest absolute Gasteiger partial charge is 0.378 e. The van der Waals surface area contributed by atoms with Crippen molar-refractivity contribution in [3.05, 3.63) is 99.8 Å². The number of fused-ring (bicyclic) bond motifs is 3. The zero-order valence-electron chi connectivity index (χ0n) is 16.7. The molecule has 4 nitrogen and oxygen atoms in total. The molecule has 0 saturated heterocycles. The van der Waals surface area contributed by atoms with E-state index in [4.69, 9.17) is 23.2 Å². The predicted octanol–water partition coefficient (Wildman–Crippen LogP) is 6.76. The first kappa shape index (κ1) is 21.3. The monoisotopic (exact) mass is 488 g/mol. The Morgan fingerprint density at radius 3 is 2.50 bits per heavy atom. The normalized spacial score (nSPS) is 21.5. The number of halogens is 3. The van der Waals surface area contributed by atoms with Crippen LogP contribution in [-0.2, 0) is 10.0 Å². The molecule has 0 saturated carbocycles. The van der Waals surface area contributed by atoms with Crippen molar-refractivity contribution >= 4 is 44.6 Å². The summed E-state index contributed by atoms with van der Waals surface area (Å²) in [4.78, 5) is 0.157. The van der Waals surface area contributed by atoms with Crippen LogP contribution >= 0.6 is 23.2 Å². The Labute approximate surface area is 196 Å². The Morgan fingerprint density at radius 2 is 1.75 bits per heavy atom. The highest BCUT2D eigenvalue weighted by Crippen LogP contribution is 2.51. The van der Waals surface area contributed by atoms with Gasteiger partial charge in [-0.25, -0.2) is 12.8 Å². The molecule has 3 atom stereocenters. The Kier molecular flexibility index (Phi) is 5.40. The molecule has 1 aliphatic carbocycles. The number of anilines is 2. The molecule has 0 aromatic heterocycles. The van der Waals surface area contributed by atoms with Crippen molar-refractivity contribution in [2.24, 2.45) is 5.92 Å². The fourth-order valence-electron chi connectivity index (χ4n) is 4.53. The van der Waals surface area contributed by atoms with Crippen molar-refractivity contribution in [1.29, 1.82) is 0 Å². The van der Waals surface area contributed by atoms with Gasteiger partial charge in [-0.1, -0.05) is 41.4 Å². The first-order valence-electron chi connectivity index (χ1n) is 10.1. The molecule has 1 aliphatic heterocycles. The average Bonchev–Trinajstić information content (AvgIpc) is 3.25. The highest BCUT2D eigenvalue weighted by molar-refractivity contribution is 7.92. The first-order valence-corrected chi connectivity index (χ1v) is 12.4. The Hall–Kier alpha value is -2.54. The van der Waals surface area contributed by atoms with E-state index in [0.29, 0.717) is 15.7 Å². The van der Waals surface area contributed by atoms with E-state index >= 15 is 0 Å². The van der Waals surface area contributed by atoms with Gasteiger partial charge in [-0.3, -0.25) is 4.72 Å². The third-order valence-corrected chi connectivity index (χ3v) is 7.98. The Morgan fingerprint density at radius 1 is 0.969 bits per heavy atom. The predicted molar refractivity (Wildman–Crippen MR) is 126 cm³/mol. The molecule has 0 fully saturated rings. The molecule has 0 bridgehead atoms. The van der Waals surface area contributed by atoms with Gasteiger partial charge < -0.3 is 5.32 Å². The standard InChI is InChI=1S/C24H19Cl2FN2O2S/c25-14-4-10-20(22(26)12-14)24-19-3-1-2-18(19)21-13-17(9-11-23(21)28-24)32(30,31)29-16-7-5-15(27)6-8-16/h1-2,4-13,18-19,24,28-29H,3H2/t18-,19+,24-/m0/s1. The number of hydrogen-bond acceptors (Lipinski definition) is 3. The van der Waals surface area contributed by atoms with Gasteiger partial charge in [-0.2, -0.15) is 0 Å². The van der Waals surface area contributed by atoms with Crippen molar-refractivity contribution < 1.29 is 12.8 Å². The highest BCUT2D eigenvalue weighted by Gasteiger charge is 2.39. The molecule has 2 N–H and O–H groups in total. The summed E-state index contributed by atoms with van der Waals surface area (Å²) in [5.41, 5.74) is 3.06. The number of benzene rings is 3. The van der Waals surface area contributed by atoms with Crippen molar-refractivity contribution in [2.75, 3.05) is 10.0 Å². The number of allylic oxidation sites excluding steroid dienone is 2. The lowest BCUT2D eigenvalue weighted by molar-refractivity contribution is 0.425. The van der Waals surface area contributed by atoms with Crippen LogP contribution in [0.25, 0.3) is 0 Å². The topological polar surface area (TPSA) is 58.2 Å². The molecule has 32 heavy (non-hydrogen) atoms. The second-order valence-corrected chi connectivity index (χ2v) is 10.5. The van der Waals surface area contributed by atoms with Crippen molar-refractivity contribution in [2.45, 2.75) is 23.3 Å². The van der Waals surface area contributed by atoms with Crippen molar-refractivity contribution in [3.8, 4) is 0 Å². The fraction of sp³-hybridized carbons (Fsp3) is 0.167. The third kappa shape index (κ3) is 3.87. The summed E-state index contributed by atoms with van der Waals surface area (Å²) >= 11 is 12.6. The summed E-state index contributed by atoms with van der Waals surface area (Å²) in [7, 11) is -3.83. The van der Waals surface area contributed by atoms with Crippen molar-refractivity contribution in [3.63, 3.8) is 0 Å².